The minimum atomic E-state index is -0.118. The summed E-state index contributed by atoms with van der Waals surface area (Å²) in [6, 6.07) is 8.69. The Morgan fingerprint density at radius 3 is 3.05 bits per heavy atom. The summed E-state index contributed by atoms with van der Waals surface area (Å²) >= 11 is 1.66. The lowest BCUT2D eigenvalue weighted by molar-refractivity contribution is 0.0662. The molecule has 1 N–H and O–H groups in total. The van der Waals surface area contributed by atoms with Crippen LogP contribution in [0.3, 0.4) is 0 Å². The summed E-state index contributed by atoms with van der Waals surface area (Å²) in [5, 5.41) is 5.77. The second kappa shape index (κ2) is 5.54. The van der Waals surface area contributed by atoms with E-state index in [1.807, 2.05) is 11.6 Å². The Kier molecular flexibility index (Phi) is 3.76. The van der Waals surface area contributed by atoms with E-state index < -0.39 is 0 Å². The zero-order chi connectivity index (χ0) is 14.0. The summed E-state index contributed by atoms with van der Waals surface area (Å²) in [6.07, 6.45) is 1.96. The van der Waals surface area contributed by atoms with Crippen molar-refractivity contribution in [1.29, 1.82) is 0 Å². The number of para-hydroxylation sites is 1. The van der Waals surface area contributed by atoms with Crippen molar-refractivity contribution in [2.45, 2.75) is 38.3 Å². The fourth-order valence-electron chi connectivity index (χ4n) is 2.72. The van der Waals surface area contributed by atoms with E-state index in [-0.39, 0.29) is 5.60 Å². The smallest absolute Gasteiger partial charge is 0.124 e. The molecule has 106 valence electrons. The van der Waals surface area contributed by atoms with Gasteiger partial charge in [-0.3, -0.25) is 0 Å². The number of ether oxygens (including phenoxy) is 1. The van der Waals surface area contributed by atoms with Crippen LogP contribution in [-0.4, -0.2) is 17.1 Å². The zero-order valence-corrected chi connectivity index (χ0v) is 12.7. The molecule has 0 saturated heterocycles. The van der Waals surface area contributed by atoms with Crippen LogP contribution in [0.15, 0.2) is 35.2 Å². The van der Waals surface area contributed by atoms with Gasteiger partial charge in [-0.1, -0.05) is 18.2 Å². The van der Waals surface area contributed by atoms with Crippen molar-refractivity contribution in [2.24, 2.45) is 0 Å². The molecule has 2 heterocycles. The van der Waals surface area contributed by atoms with Crippen LogP contribution in [-0.2, 0) is 6.42 Å². The standard InChI is InChI=1S/C16H20N2OS/c1-16(2)9-14(13-5-3-4-6-15(13)19-16)17-8-7-12-10-20-11-18-12/h3-6,10-11,14,17H,7-9H2,1-2H3. The Bertz CT molecular complexity index is 566. The highest BCUT2D eigenvalue weighted by molar-refractivity contribution is 7.07. The minimum absolute atomic E-state index is 0.118. The largest absolute Gasteiger partial charge is 0.487 e. The van der Waals surface area contributed by atoms with E-state index in [9.17, 15) is 0 Å². The number of aromatic nitrogens is 1. The number of fused-ring (bicyclic) bond motifs is 1. The molecule has 2 aromatic rings. The Balaban J connectivity index is 1.69. The summed E-state index contributed by atoms with van der Waals surface area (Å²) in [5.74, 6) is 1.01. The first-order valence-electron chi connectivity index (χ1n) is 7.02. The van der Waals surface area contributed by atoms with E-state index in [0.717, 1.165) is 25.1 Å². The molecule has 20 heavy (non-hydrogen) atoms. The molecule has 1 aromatic carbocycles. The molecule has 0 saturated carbocycles. The minimum Gasteiger partial charge on any atom is -0.487 e. The molecule has 0 fully saturated rings. The monoisotopic (exact) mass is 288 g/mol. The quantitative estimate of drug-likeness (QED) is 0.933. The average molecular weight is 288 g/mol. The van der Waals surface area contributed by atoms with Crippen LogP contribution in [0.4, 0.5) is 0 Å². The number of thiazole rings is 1. The maximum absolute atomic E-state index is 6.05. The summed E-state index contributed by atoms with van der Waals surface area (Å²) in [5.41, 5.74) is 4.21. The normalized spacial score (nSPS) is 20.2. The molecule has 1 unspecified atom stereocenters. The van der Waals surface area contributed by atoms with Crippen LogP contribution < -0.4 is 10.1 Å². The van der Waals surface area contributed by atoms with Crippen LogP contribution >= 0.6 is 11.3 Å². The van der Waals surface area contributed by atoms with Crippen LogP contribution in [0, 0.1) is 0 Å². The molecule has 0 spiro atoms. The van der Waals surface area contributed by atoms with E-state index in [1.54, 1.807) is 11.3 Å². The molecule has 4 heteroatoms. The molecule has 1 aliphatic rings. The number of rotatable bonds is 4. The Hall–Kier alpha value is -1.39. The third-order valence-electron chi connectivity index (χ3n) is 3.63. The molecule has 3 rings (SSSR count). The summed E-state index contributed by atoms with van der Waals surface area (Å²) in [7, 11) is 0. The Morgan fingerprint density at radius 1 is 1.40 bits per heavy atom. The van der Waals surface area contributed by atoms with Gasteiger partial charge in [0.2, 0.25) is 0 Å². The summed E-state index contributed by atoms with van der Waals surface area (Å²) in [4.78, 5) is 4.33. The van der Waals surface area contributed by atoms with Gasteiger partial charge < -0.3 is 10.1 Å². The number of nitrogens with one attached hydrogen (secondary N) is 1. The number of hydrogen-bond acceptors (Lipinski definition) is 4. The molecule has 1 aromatic heterocycles. The van der Waals surface area contributed by atoms with Crippen LogP contribution in [0.5, 0.6) is 5.75 Å². The van der Waals surface area contributed by atoms with Gasteiger partial charge >= 0.3 is 0 Å². The van der Waals surface area contributed by atoms with Crippen molar-refractivity contribution < 1.29 is 4.74 Å². The number of nitrogens with zero attached hydrogens (tertiary/aromatic N) is 1. The maximum atomic E-state index is 6.05. The molecular formula is C16H20N2OS. The molecule has 1 atom stereocenters. The second-order valence-corrected chi connectivity index (χ2v) is 6.56. The fraction of sp³-hybridized carbons (Fsp3) is 0.438. The lowest BCUT2D eigenvalue weighted by Gasteiger charge is -2.38. The van der Waals surface area contributed by atoms with Gasteiger partial charge in [-0.25, -0.2) is 4.98 Å². The van der Waals surface area contributed by atoms with Gasteiger partial charge in [0.15, 0.2) is 0 Å². The Labute approximate surface area is 124 Å². The predicted octanol–water partition coefficient (Wildman–Crippen LogP) is 3.58. The van der Waals surface area contributed by atoms with Gasteiger partial charge in [0.25, 0.3) is 0 Å². The van der Waals surface area contributed by atoms with Crippen LogP contribution in [0.2, 0.25) is 0 Å². The molecule has 0 amide bonds. The highest BCUT2D eigenvalue weighted by Crippen LogP contribution is 2.39. The van der Waals surface area contributed by atoms with Gasteiger partial charge in [0, 0.05) is 36.4 Å². The van der Waals surface area contributed by atoms with Crippen molar-refractivity contribution in [1.82, 2.24) is 10.3 Å². The van der Waals surface area contributed by atoms with Gasteiger partial charge in [0.05, 0.1) is 11.2 Å². The SMILES string of the molecule is CC1(C)CC(NCCc2cscn2)c2ccccc2O1. The van der Waals surface area contributed by atoms with E-state index in [4.69, 9.17) is 4.74 Å². The van der Waals surface area contributed by atoms with E-state index in [1.165, 1.54) is 11.3 Å². The van der Waals surface area contributed by atoms with Crippen LogP contribution in [0.1, 0.15) is 37.6 Å². The van der Waals surface area contributed by atoms with Gasteiger partial charge in [-0.15, -0.1) is 11.3 Å². The summed E-state index contributed by atoms with van der Waals surface area (Å²) in [6.45, 7) is 5.24. The molecule has 0 aliphatic carbocycles. The topological polar surface area (TPSA) is 34.2 Å². The van der Waals surface area contributed by atoms with Crippen LogP contribution in [0.25, 0.3) is 0 Å². The third-order valence-corrected chi connectivity index (χ3v) is 4.27. The first kappa shape index (κ1) is 13.6. The van der Waals surface area contributed by atoms with Crippen molar-refractivity contribution in [3.8, 4) is 5.75 Å². The second-order valence-electron chi connectivity index (χ2n) is 5.84. The molecule has 0 radical (unpaired) electrons. The molecule has 1 aliphatic heterocycles. The molecular weight excluding hydrogens is 268 g/mol. The maximum Gasteiger partial charge on any atom is 0.124 e. The Morgan fingerprint density at radius 2 is 2.25 bits per heavy atom. The lowest BCUT2D eigenvalue weighted by Crippen LogP contribution is -2.40. The first-order valence-corrected chi connectivity index (χ1v) is 7.97. The number of benzene rings is 1. The highest BCUT2D eigenvalue weighted by atomic mass is 32.1. The zero-order valence-electron chi connectivity index (χ0n) is 11.9. The van der Waals surface area contributed by atoms with E-state index in [0.29, 0.717) is 6.04 Å². The van der Waals surface area contributed by atoms with Gasteiger partial charge in [-0.2, -0.15) is 0 Å². The number of hydrogen-bond donors (Lipinski definition) is 1. The first-order chi connectivity index (χ1) is 9.64. The van der Waals surface area contributed by atoms with Crippen molar-refractivity contribution in [2.75, 3.05) is 6.54 Å². The van der Waals surface area contributed by atoms with Gasteiger partial charge in [-0.05, 0) is 19.9 Å². The molecule has 0 bridgehead atoms. The van der Waals surface area contributed by atoms with Gasteiger partial charge in [0.1, 0.15) is 11.4 Å². The molecule has 3 nitrogen and oxygen atoms in total. The fourth-order valence-corrected chi connectivity index (χ4v) is 3.31. The predicted molar refractivity (Wildman–Crippen MR) is 82.3 cm³/mol. The van der Waals surface area contributed by atoms with Crippen molar-refractivity contribution in [3.63, 3.8) is 0 Å². The van der Waals surface area contributed by atoms with Crippen molar-refractivity contribution in [3.05, 3.63) is 46.4 Å². The van der Waals surface area contributed by atoms with Crippen molar-refractivity contribution >= 4 is 11.3 Å². The van der Waals surface area contributed by atoms with E-state index >= 15 is 0 Å². The average Bonchev–Trinajstić information content (AvgIpc) is 2.90. The van der Waals surface area contributed by atoms with E-state index in [2.05, 4.69) is 47.7 Å². The third kappa shape index (κ3) is 3.02. The summed E-state index contributed by atoms with van der Waals surface area (Å²) < 4.78 is 6.05. The lowest BCUT2D eigenvalue weighted by atomic mass is 9.89. The highest BCUT2D eigenvalue weighted by Gasteiger charge is 2.32.